The Kier molecular flexibility index (Phi) is 4.49. The van der Waals surface area contributed by atoms with Crippen LogP contribution in [0.1, 0.15) is 41.7 Å². The average molecular weight is 297 g/mol. The lowest BCUT2D eigenvalue weighted by Crippen LogP contribution is -2.41. The number of aliphatic hydroxyl groups is 1. The summed E-state index contributed by atoms with van der Waals surface area (Å²) in [7, 11) is 0. The monoisotopic (exact) mass is 297 g/mol. The Labute approximate surface area is 121 Å². The summed E-state index contributed by atoms with van der Waals surface area (Å²) in [5, 5.41) is 13.4. The van der Waals surface area contributed by atoms with Gasteiger partial charge in [-0.2, -0.15) is 4.98 Å². The Bertz CT molecular complexity index is 564. The maximum absolute atomic E-state index is 12.3. The quantitative estimate of drug-likeness (QED) is 0.565. The molecule has 1 amide bonds. The van der Waals surface area contributed by atoms with Gasteiger partial charge in [-0.3, -0.25) is 4.79 Å². The van der Waals surface area contributed by atoms with E-state index in [1.807, 2.05) is 0 Å². The van der Waals surface area contributed by atoms with Gasteiger partial charge in [-0.15, -0.1) is 11.8 Å². The Hall–Kier alpha value is -1.34. The number of amides is 1. The van der Waals surface area contributed by atoms with Crippen LogP contribution < -0.4 is 11.0 Å². The highest BCUT2D eigenvalue weighted by molar-refractivity contribution is 7.98. The van der Waals surface area contributed by atoms with E-state index >= 15 is 0 Å². The van der Waals surface area contributed by atoms with E-state index in [9.17, 15) is 14.7 Å². The Balaban J connectivity index is 2.15. The molecular formula is C13H19N3O3S. The molecule has 7 heteroatoms. The van der Waals surface area contributed by atoms with Crippen LogP contribution in [0.15, 0.2) is 9.82 Å². The molecule has 0 aliphatic heterocycles. The Morgan fingerprint density at radius 2 is 2.15 bits per heavy atom. The first-order chi connectivity index (χ1) is 9.45. The van der Waals surface area contributed by atoms with E-state index in [0.29, 0.717) is 29.1 Å². The number of nitrogens with zero attached hydrogens (tertiary/aromatic N) is 1. The highest BCUT2D eigenvalue weighted by atomic mass is 32.2. The fraction of sp³-hybridized carbons (Fsp3) is 0.615. The largest absolute Gasteiger partial charge is 0.388 e. The number of rotatable bonds is 4. The number of aromatic amines is 1. The summed E-state index contributed by atoms with van der Waals surface area (Å²) in [6.07, 6.45) is 5.17. The first-order valence-corrected chi connectivity index (χ1v) is 7.83. The number of nitrogens with one attached hydrogen (secondary N) is 2. The molecule has 1 heterocycles. The molecule has 3 N–H and O–H groups in total. The summed E-state index contributed by atoms with van der Waals surface area (Å²) in [6.45, 7) is 1.90. The molecule has 0 bridgehead atoms. The first-order valence-electron chi connectivity index (χ1n) is 6.61. The SMILES string of the molecule is CSc1nc(=O)[nH]c(C)c1C(=O)NCC1(O)CCCC1. The van der Waals surface area contributed by atoms with E-state index in [1.54, 1.807) is 13.2 Å². The van der Waals surface area contributed by atoms with Gasteiger partial charge >= 0.3 is 5.69 Å². The van der Waals surface area contributed by atoms with E-state index < -0.39 is 11.3 Å². The highest BCUT2D eigenvalue weighted by Gasteiger charge is 2.31. The molecule has 6 nitrogen and oxygen atoms in total. The van der Waals surface area contributed by atoms with Crippen molar-refractivity contribution in [3.05, 3.63) is 21.7 Å². The molecule has 0 atom stereocenters. The number of aryl methyl sites for hydroxylation is 1. The number of H-pyrrole nitrogens is 1. The third-order valence-corrected chi connectivity index (χ3v) is 4.30. The second kappa shape index (κ2) is 5.97. The molecule has 1 aromatic rings. The molecule has 110 valence electrons. The summed E-state index contributed by atoms with van der Waals surface area (Å²) in [4.78, 5) is 29.9. The number of carbonyl (C=O) groups is 1. The average Bonchev–Trinajstić information content (AvgIpc) is 2.82. The van der Waals surface area contributed by atoms with Crippen molar-refractivity contribution in [1.82, 2.24) is 15.3 Å². The van der Waals surface area contributed by atoms with E-state index in [2.05, 4.69) is 15.3 Å². The van der Waals surface area contributed by atoms with Crippen LogP contribution in [-0.2, 0) is 0 Å². The van der Waals surface area contributed by atoms with Crippen LogP contribution in [0.5, 0.6) is 0 Å². The molecule has 20 heavy (non-hydrogen) atoms. The zero-order chi connectivity index (χ0) is 14.8. The third-order valence-electron chi connectivity index (χ3n) is 3.62. The number of hydrogen-bond donors (Lipinski definition) is 3. The van der Waals surface area contributed by atoms with Gasteiger partial charge in [-0.1, -0.05) is 12.8 Å². The molecular weight excluding hydrogens is 278 g/mol. The summed E-state index contributed by atoms with van der Waals surface area (Å²) < 4.78 is 0. The maximum Gasteiger partial charge on any atom is 0.346 e. The van der Waals surface area contributed by atoms with Gasteiger partial charge < -0.3 is 15.4 Å². The van der Waals surface area contributed by atoms with Gasteiger partial charge in [-0.25, -0.2) is 4.79 Å². The van der Waals surface area contributed by atoms with Crippen molar-refractivity contribution in [2.75, 3.05) is 12.8 Å². The second-order valence-corrected chi connectivity index (χ2v) is 5.96. The fourth-order valence-corrected chi connectivity index (χ4v) is 3.14. The smallest absolute Gasteiger partial charge is 0.346 e. The third kappa shape index (κ3) is 3.21. The van der Waals surface area contributed by atoms with Gasteiger partial charge in [0.25, 0.3) is 5.91 Å². The standard InChI is InChI=1S/C13H19N3O3S/c1-8-9(11(20-2)16-12(18)15-8)10(17)14-7-13(19)5-3-4-6-13/h19H,3-7H2,1-2H3,(H,14,17)(H,15,16,18). The van der Waals surface area contributed by atoms with Crippen molar-refractivity contribution < 1.29 is 9.90 Å². The van der Waals surface area contributed by atoms with E-state index in [1.165, 1.54) is 11.8 Å². The van der Waals surface area contributed by atoms with Gasteiger partial charge in [0, 0.05) is 12.2 Å². The lowest BCUT2D eigenvalue weighted by molar-refractivity contribution is 0.0448. The van der Waals surface area contributed by atoms with Crippen molar-refractivity contribution in [1.29, 1.82) is 0 Å². The molecule has 2 rings (SSSR count). The topological polar surface area (TPSA) is 95.1 Å². The summed E-state index contributed by atoms with van der Waals surface area (Å²) in [6, 6.07) is 0. The van der Waals surface area contributed by atoms with Crippen molar-refractivity contribution in [2.45, 2.75) is 43.2 Å². The van der Waals surface area contributed by atoms with E-state index in [-0.39, 0.29) is 12.5 Å². The van der Waals surface area contributed by atoms with Crippen molar-refractivity contribution in [2.24, 2.45) is 0 Å². The molecule has 1 saturated carbocycles. The number of hydrogen-bond acceptors (Lipinski definition) is 5. The van der Waals surface area contributed by atoms with E-state index in [4.69, 9.17) is 0 Å². The van der Waals surface area contributed by atoms with E-state index in [0.717, 1.165) is 12.8 Å². The summed E-state index contributed by atoms with van der Waals surface area (Å²) in [5.41, 5.74) is -0.389. The molecule has 1 aliphatic carbocycles. The molecule has 0 radical (unpaired) electrons. The molecule has 0 unspecified atom stereocenters. The molecule has 1 aliphatic rings. The van der Waals surface area contributed by atoms with Crippen LogP contribution in [0.4, 0.5) is 0 Å². The molecule has 0 aromatic carbocycles. The van der Waals surface area contributed by atoms with Crippen LogP contribution in [0.25, 0.3) is 0 Å². The van der Waals surface area contributed by atoms with Gasteiger partial charge in [0.05, 0.1) is 11.2 Å². The minimum absolute atomic E-state index is 0.234. The Morgan fingerprint density at radius 1 is 1.50 bits per heavy atom. The predicted octanol–water partition coefficient (Wildman–Crippen LogP) is 0.835. The van der Waals surface area contributed by atoms with Crippen LogP contribution in [0, 0.1) is 6.92 Å². The van der Waals surface area contributed by atoms with Crippen molar-refractivity contribution >= 4 is 17.7 Å². The number of carbonyl (C=O) groups excluding carboxylic acids is 1. The van der Waals surface area contributed by atoms with Crippen LogP contribution in [0.2, 0.25) is 0 Å². The number of aromatic nitrogens is 2. The molecule has 1 aromatic heterocycles. The predicted molar refractivity (Wildman–Crippen MR) is 77.1 cm³/mol. The van der Waals surface area contributed by atoms with Gasteiger partial charge in [0.1, 0.15) is 5.03 Å². The van der Waals surface area contributed by atoms with Gasteiger partial charge in [0.2, 0.25) is 0 Å². The summed E-state index contributed by atoms with van der Waals surface area (Å²) in [5.74, 6) is -0.309. The minimum atomic E-state index is -0.793. The molecule has 0 saturated heterocycles. The van der Waals surface area contributed by atoms with Crippen molar-refractivity contribution in [3.63, 3.8) is 0 Å². The van der Waals surface area contributed by atoms with Gasteiger partial charge in [0.15, 0.2) is 0 Å². The van der Waals surface area contributed by atoms with Crippen molar-refractivity contribution in [3.8, 4) is 0 Å². The van der Waals surface area contributed by atoms with Crippen LogP contribution >= 0.6 is 11.8 Å². The Morgan fingerprint density at radius 3 is 2.75 bits per heavy atom. The number of thioether (sulfide) groups is 1. The van der Waals surface area contributed by atoms with Gasteiger partial charge in [-0.05, 0) is 26.0 Å². The normalized spacial score (nSPS) is 17.1. The second-order valence-electron chi connectivity index (χ2n) is 5.17. The van der Waals surface area contributed by atoms with Crippen LogP contribution in [0.3, 0.4) is 0 Å². The molecule has 1 fully saturated rings. The highest BCUT2D eigenvalue weighted by Crippen LogP contribution is 2.28. The minimum Gasteiger partial charge on any atom is -0.388 e. The fourth-order valence-electron chi connectivity index (χ4n) is 2.52. The lowest BCUT2D eigenvalue weighted by Gasteiger charge is -2.22. The maximum atomic E-state index is 12.3. The first kappa shape index (κ1) is 15.1. The zero-order valence-electron chi connectivity index (χ0n) is 11.7. The zero-order valence-corrected chi connectivity index (χ0v) is 12.5. The summed E-state index contributed by atoms with van der Waals surface area (Å²) >= 11 is 1.25. The van der Waals surface area contributed by atoms with Crippen LogP contribution in [-0.4, -0.2) is 39.4 Å². The molecule has 0 spiro atoms. The lowest BCUT2D eigenvalue weighted by atomic mass is 10.0.